The molecule has 0 aliphatic carbocycles. The van der Waals surface area contributed by atoms with Crippen LogP contribution in [0.25, 0.3) is 0 Å². The van der Waals surface area contributed by atoms with Crippen molar-refractivity contribution in [2.24, 2.45) is 5.92 Å². The lowest BCUT2D eigenvalue weighted by Crippen LogP contribution is -2.38. The van der Waals surface area contributed by atoms with E-state index >= 15 is 0 Å². The zero-order chi connectivity index (χ0) is 18.4. The number of hydrogen-bond donors (Lipinski definition) is 2. The molecule has 2 aliphatic heterocycles. The summed E-state index contributed by atoms with van der Waals surface area (Å²) in [5.41, 5.74) is 0.986. The monoisotopic (exact) mass is 415 g/mol. The van der Waals surface area contributed by atoms with E-state index in [9.17, 15) is 13.2 Å². The minimum atomic E-state index is -3.36. The number of aryl methyl sites for hydroxylation is 1. The molecule has 1 aromatic carbocycles. The third kappa shape index (κ3) is 6.17. The maximum absolute atomic E-state index is 12.5. The second-order valence-corrected chi connectivity index (χ2v) is 9.21. The second kappa shape index (κ2) is 10.4. The van der Waals surface area contributed by atoms with Gasteiger partial charge in [-0.15, -0.1) is 12.4 Å². The highest BCUT2D eigenvalue weighted by Crippen LogP contribution is 2.21. The molecular weight excluding hydrogens is 386 g/mol. The van der Waals surface area contributed by atoms with Gasteiger partial charge >= 0.3 is 0 Å². The summed E-state index contributed by atoms with van der Waals surface area (Å²) in [6.45, 7) is 4.02. The average Bonchev–Trinajstić information content (AvgIpc) is 3.21. The van der Waals surface area contributed by atoms with Crippen LogP contribution in [0.1, 0.15) is 37.7 Å². The number of carbonyl (C=O) groups excluding carboxylic acids is 1. The number of nitrogens with zero attached hydrogens (tertiary/aromatic N) is 1. The maximum Gasteiger partial charge on any atom is 0.243 e. The lowest BCUT2D eigenvalue weighted by atomic mass is 10.00. The zero-order valence-corrected chi connectivity index (χ0v) is 17.3. The van der Waals surface area contributed by atoms with Crippen molar-refractivity contribution >= 4 is 28.3 Å². The highest BCUT2D eigenvalue weighted by atomic mass is 35.5. The van der Waals surface area contributed by atoms with E-state index in [-0.39, 0.29) is 18.3 Å². The molecular formula is C19H30ClN3O3S. The van der Waals surface area contributed by atoms with E-state index in [1.54, 1.807) is 16.4 Å². The molecule has 2 saturated heterocycles. The van der Waals surface area contributed by atoms with Crippen molar-refractivity contribution in [3.05, 3.63) is 29.8 Å². The maximum atomic E-state index is 12.5. The predicted molar refractivity (Wildman–Crippen MR) is 109 cm³/mol. The quantitative estimate of drug-likeness (QED) is 0.713. The fourth-order valence-electron chi connectivity index (χ4n) is 3.61. The first kappa shape index (κ1) is 22.1. The number of rotatable bonds is 7. The highest BCUT2D eigenvalue weighted by Gasteiger charge is 2.26. The minimum absolute atomic E-state index is 0. The fraction of sp³-hybridized carbons (Fsp3) is 0.632. The Hall–Kier alpha value is -1.15. The Morgan fingerprint density at radius 2 is 1.85 bits per heavy atom. The summed E-state index contributed by atoms with van der Waals surface area (Å²) in [5, 5.41) is 6.36. The molecule has 0 bridgehead atoms. The Morgan fingerprint density at radius 1 is 1.15 bits per heavy atom. The Kier molecular flexibility index (Phi) is 8.54. The molecule has 1 atom stereocenters. The Labute approximate surface area is 168 Å². The van der Waals surface area contributed by atoms with Crippen molar-refractivity contribution < 1.29 is 13.2 Å². The summed E-state index contributed by atoms with van der Waals surface area (Å²) in [4.78, 5) is 12.4. The molecule has 2 fully saturated rings. The van der Waals surface area contributed by atoms with Gasteiger partial charge in [0.05, 0.1) is 4.90 Å². The zero-order valence-electron chi connectivity index (χ0n) is 15.7. The summed E-state index contributed by atoms with van der Waals surface area (Å²) in [7, 11) is -3.36. The molecule has 152 valence electrons. The summed E-state index contributed by atoms with van der Waals surface area (Å²) in [6, 6.07) is 6.96. The van der Waals surface area contributed by atoms with Crippen molar-refractivity contribution in [1.82, 2.24) is 14.9 Å². The smallest absolute Gasteiger partial charge is 0.243 e. The number of amides is 1. The Balaban J connectivity index is 0.00000261. The predicted octanol–water partition coefficient (Wildman–Crippen LogP) is 1.94. The van der Waals surface area contributed by atoms with E-state index in [0.29, 0.717) is 36.7 Å². The third-order valence-corrected chi connectivity index (χ3v) is 7.17. The summed E-state index contributed by atoms with van der Waals surface area (Å²) < 4.78 is 26.6. The van der Waals surface area contributed by atoms with Crippen LogP contribution in [0, 0.1) is 5.92 Å². The van der Waals surface area contributed by atoms with Crippen LogP contribution in [-0.2, 0) is 21.2 Å². The van der Waals surface area contributed by atoms with E-state index in [1.165, 1.54) is 12.8 Å². The fourth-order valence-corrected chi connectivity index (χ4v) is 5.13. The van der Waals surface area contributed by atoms with Gasteiger partial charge in [-0.2, -0.15) is 4.31 Å². The van der Waals surface area contributed by atoms with Crippen LogP contribution in [0.2, 0.25) is 0 Å². The first-order chi connectivity index (χ1) is 12.6. The van der Waals surface area contributed by atoms with Crippen LogP contribution in [0.5, 0.6) is 0 Å². The summed E-state index contributed by atoms with van der Waals surface area (Å²) in [6.07, 6.45) is 5.26. The van der Waals surface area contributed by atoms with Gasteiger partial charge < -0.3 is 10.6 Å². The lowest BCUT2D eigenvalue weighted by Gasteiger charge is -2.22. The Morgan fingerprint density at radius 3 is 2.48 bits per heavy atom. The molecule has 2 heterocycles. The number of piperidine rings is 1. The number of halogens is 1. The number of nitrogens with one attached hydrogen (secondary N) is 2. The molecule has 6 nitrogen and oxygen atoms in total. The molecule has 0 saturated carbocycles. The van der Waals surface area contributed by atoms with Crippen molar-refractivity contribution in [2.75, 3.05) is 32.7 Å². The number of hydrogen-bond acceptors (Lipinski definition) is 4. The highest BCUT2D eigenvalue weighted by molar-refractivity contribution is 7.89. The van der Waals surface area contributed by atoms with Crippen molar-refractivity contribution in [3.63, 3.8) is 0 Å². The van der Waals surface area contributed by atoms with Gasteiger partial charge in [-0.3, -0.25) is 4.79 Å². The van der Waals surface area contributed by atoms with E-state index < -0.39 is 10.0 Å². The van der Waals surface area contributed by atoms with Gasteiger partial charge in [0.25, 0.3) is 0 Å². The normalized spacial score (nSPS) is 20.8. The van der Waals surface area contributed by atoms with Crippen LogP contribution >= 0.6 is 12.4 Å². The van der Waals surface area contributed by atoms with Crippen molar-refractivity contribution in [3.8, 4) is 0 Å². The molecule has 1 amide bonds. The van der Waals surface area contributed by atoms with E-state index in [2.05, 4.69) is 10.6 Å². The standard InChI is InChI=1S/C19H29N3O3S.ClH/c23-19(21-15-17-4-3-11-20-14-17)10-7-16-5-8-18(9-6-16)26(24,25)22-12-1-2-13-22;/h5-6,8-9,17,20H,1-4,7,10-15H2,(H,21,23);1H. The molecule has 0 spiro atoms. The van der Waals surface area contributed by atoms with Gasteiger partial charge in [0.15, 0.2) is 0 Å². The van der Waals surface area contributed by atoms with Crippen LogP contribution in [0.3, 0.4) is 0 Å². The molecule has 1 aromatic rings. The molecule has 3 rings (SSSR count). The lowest BCUT2D eigenvalue weighted by molar-refractivity contribution is -0.121. The van der Waals surface area contributed by atoms with Gasteiger partial charge in [-0.05, 0) is 68.8 Å². The summed E-state index contributed by atoms with van der Waals surface area (Å²) >= 11 is 0. The summed E-state index contributed by atoms with van der Waals surface area (Å²) in [5.74, 6) is 0.590. The number of carbonyl (C=O) groups is 1. The molecule has 0 radical (unpaired) electrons. The van der Waals surface area contributed by atoms with Gasteiger partial charge in [0, 0.05) is 26.1 Å². The molecule has 2 N–H and O–H groups in total. The molecule has 2 aliphatic rings. The molecule has 8 heteroatoms. The average molecular weight is 416 g/mol. The van der Waals surface area contributed by atoms with Gasteiger partial charge in [-0.1, -0.05) is 12.1 Å². The number of sulfonamides is 1. The third-order valence-electron chi connectivity index (χ3n) is 5.25. The second-order valence-electron chi connectivity index (χ2n) is 7.27. The van der Waals surface area contributed by atoms with E-state index in [4.69, 9.17) is 0 Å². The topological polar surface area (TPSA) is 78.5 Å². The minimum Gasteiger partial charge on any atom is -0.356 e. The van der Waals surface area contributed by atoms with Crippen molar-refractivity contribution in [2.45, 2.75) is 43.4 Å². The van der Waals surface area contributed by atoms with Crippen LogP contribution in [-0.4, -0.2) is 51.4 Å². The van der Waals surface area contributed by atoms with E-state index in [0.717, 1.165) is 38.0 Å². The first-order valence-electron chi connectivity index (χ1n) is 9.62. The van der Waals surface area contributed by atoms with E-state index in [1.807, 2.05) is 12.1 Å². The van der Waals surface area contributed by atoms with Crippen LogP contribution < -0.4 is 10.6 Å². The SMILES string of the molecule is Cl.O=C(CCc1ccc(S(=O)(=O)N2CCCC2)cc1)NCC1CCCNC1. The van der Waals surface area contributed by atoms with Crippen LogP contribution in [0.15, 0.2) is 29.2 Å². The van der Waals surface area contributed by atoms with Gasteiger partial charge in [-0.25, -0.2) is 8.42 Å². The van der Waals surface area contributed by atoms with Gasteiger partial charge in [0.2, 0.25) is 15.9 Å². The largest absolute Gasteiger partial charge is 0.356 e. The molecule has 0 aromatic heterocycles. The molecule has 1 unspecified atom stereocenters. The Bertz CT molecular complexity index is 697. The van der Waals surface area contributed by atoms with Crippen LogP contribution in [0.4, 0.5) is 0 Å². The number of benzene rings is 1. The molecule has 27 heavy (non-hydrogen) atoms. The first-order valence-corrected chi connectivity index (χ1v) is 11.1. The van der Waals surface area contributed by atoms with Gasteiger partial charge in [0.1, 0.15) is 0 Å². The van der Waals surface area contributed by atoms with Crippen molar-refractivity contribution in [1.29, 1.82) is 0 Å².